The van der Waals surface area contributed by atoms with E-state index in [0.29, 0.717) is 6.54 Å². The van der Waals surface area contributed by atoms with Crippen LogP contribution in [0.4, 0.5) is 0 Å². The van der Waals surface area contributed by atoms with E-state index >= 15 is 0 Å². The first-order chi connectivity index (χ1) is 11.8. The third-order valence-electron chi connectivity index (χ3n) is 4.49. The second kappa shape index (κ2) is 7.86. The molecular formula is C20H25N3O. The number of hydrogen-bond donors (Lipinski definition) is 2. The molecule has 0 aromatic heterocycles. The van der Waals surface area contributed by atoms with Gasteiger partial charge in [-0.05, 0) is 42.0 Å². The van der Waals surface area contributed by atoms with Crippen LogP contribution >= 0.6 is 0 Å². The van der Waals surface area contributed by atoms with E-state index in [4.69, 9.17) is 4.74 Å². The van der Waals surface area contributed by atoms with Gasteiger partial charge in [0.25, 0.3) is 0 Å². The van der Waals surface area contributed by atoms with Crippen LogP contribution in [0.2, 0.25) is 0 Å². The summed E-state index contributed by atoms with van der Waals surface area (Å²) in [6, 6.07) is 14.8. The van der Waals surface area contributed by atoms with Crippen molar-refractivity contribution in [3.8, 4) is 5.75 Å². The highest BCUT2D eigenvalue weighted by Gasteiger charge is 2.11. The summed E-state index contributed by atoms with van der Waals surface area (Å²) < 4.78 is 5.38. The van der Waals surface area contributed by atoms with Gasteiger partial charge in [-0.3, -0.25) is 4.99 Å². The summed E-state index contributed by atoms with van der Waals surface area (Å²) in [5.74, 6) is 1.68. The number of fused-ring (bicyclic) bond motifs is 1. The average Bonchev–Trinajstić information content (AvgIpc) is 3.10. The quantitative estimate of drug-likeness (QED) is 0.657. The topological polar surface area (TPSA) is 45.7 Å². The van der Waals surface area contributed by atoms with E-state index in [9.17, 15) is 0 Å². The lowest BCUT2D eigenvalue weighted by Gasteiger charge is -2.14. The second-order valence-corrected chi connectivity index (χ2v) is 6.05. The monoisotopic (exact) mass is 323 g/mol. The minimum atomic E-state index is 0.674. The number of nitrogens with one attached hydrogen (secondary N) is 2. The summed E-state index contributed by atoms with van der Waals surface area (Å²) in [6.45, 7) is 1.45. The Bertz CT molecular complexity index is 725. The molecule has 0 radical (unpaired) electrons. The van der Waals surface area contributed by atoms with Crippen LogP contribution in [-0.4, -0.2) is 20.1 Å². The van der Waals surface area contributed by atoms with E-state index in [0.717, 1.165) is 23.8 Å². The van der Waals surface area contributed by atoms with Gasteiger partial charge in [0.1, 0.15) is 5.75 Å². The van der Waals surface area contributed by atoms with Crippen LogP contribution < -0.4 is 15.4 Å². The molecule has 3 rings (SSSR count). The third-order valence-corrected chi connectivity index (χ3v) is 4.49. The molecule has 0 saturated heterocycles. The largest absolute Gasteiger partial charge is 0.496 e. The van der Waals surface area contributed by atoms with E-state index in [-0.39, 0.29) is 0 Å². The molecule has 0 amide bonds. The minimum Gasteiger partial charge on any atom is -0.496 e. The zero-order valence-electron chi connectivity index (χ0n) is 14.4. The van der Waals surface area contributed by atoms with Gasteiger partial charge in [0.2, 0.25) is 0 Å². The highest BCUT2D eigenvalue weighted by Crippen LogP contribution is 2.22. The summed E-state index contributed by atoms with van der Waals surface area (Å²) in [5.41, 5.74) is 5.43. The molecule has 2 aromatic rings. The van der Waals surface area contributed by atoms with Crippen LogP contribution in [-0.2, 0) is 25.9 Å². The van der Waals surface area contributed by atoms with Gasteiger partial charge < -0.3 is 15.4 Å². The van der Waals surface area contributed by atoms with E-state index in [1.54, 1.807) is 14.2 Å². The van der Waals surface area contributed by atoms with Crippen molar-refractivity contribution in [1.29, 1.82) is 0 Å². The molecule has 2 N–H and O–H groups in total. The minimum absolute atomic E-state index is 0.674. The number of nitrogens with zero attached hydrogens (tertiary/aromatic N) is 1. The Labute approximate surface area is 144 Å². The van der Waals surface area contributed by atoms with Crippen LogP contribution in [0.5, 0.6) is 5.75 Å². The number of hydrogen-bond acceptors (Lipinski definition) is 2. The van der Waals surface area contributed by atoms with Gasteiger partial charge in [-0.1, -0.05) is 36.4 Å². The van der Waals surface area contributed by atoms with Crippen LogP contribution in [0.25, 0.3) is 0 Å². The molecule has 4 heteroatoms. The molecule has 0 fully saturated rings. The molecular weight excluding hydrogens is 298 g/mol. The first-order valence-corrected chi connectivity index (χ1v) is 8.47. The number of methoxy groups -OCH3 is 1. The lowest BCUT2D eigenvalue weighted by Crippen LogP contribution is -2.36. The number of para-hydroxylation sites is 1. The van der Waals surface area contributed by atoms with E-state index < -0.39 is 0 Å². The molecule has 1 aliphatic carbocycles. The predicted molar refractivity (Wildman–Crippen MR) is 98.5 cm³/mol. The molecule has 1 aliphatic rings. The molecule has 4 nitrogen and oxygen atoms in total. The lowest BCUT2D eigenvalue weighted by molar-refractivity contribution is 0.409. The summed E-state index contributed by atoms with van der Waals surface area (Å²) in [4.78, 5) is 4.30. The lowest BCUT2D eigenvalue weighted by atomic mass is 10.1. The molecule has 2 aromatic carbocycles. The number of rotatable bonds is 5. The van der Waals surface area contributed by atoms with Crippen molar-refractivity contribution in [1.82, 2.24) is 10.6 Å². The zero-order valence-corrected chi connectivity index (χ0v) is 14.4. The zero-order chi connectivity index (χ0) is 16.8. The SMILES string of the molecule is CN=C(NCc1ccc2c(c1)CCC2)NCc1ccccc1OC. The summed E-state index contributed by atoms with van der Waals surface area (Å²) >= 11 is 0. The maximum absolute atomic E-state index is 5.38. The fourth-order valence-electron chi connectivity index (χ4n) is 3.17. The first kappa shape index (κ1) is 16.4. The van der Waals surface area contributed by atoms with Crippen LogP contribution in [0.1, 0.15) is 28.7 Å². The average molecular weight is 323 g/mol. The number of guanidine groups is 1. The highest BCUT2D eigenvalue weighted by molar-refractivity contribution is 5.79. The molecule has 0 aliphatic heterocycles. The third kappa shape index (κ3) is 3.88. The molecule has 24 heavy (non-hydrogen) atoms. The van der Waals surface area contributed by atoms with E-state index in [2.05, 4.69) is 39.9 Å². The molecule has 0 atom stereocenters. The summed E-state index contributed by atoms with van der Waals surface area (Å²) in [7, 11) is 3.49. The highest BCUT2D eigenvalue weighted by atomic mass is 16.5. The van der Waals surface area contributed by atoms with Crippen molar-refractivity contribution in [3.63, 3.8) is 0 Å². The summed E-state index contributed by atoms with van der Waals surface area (Å²) in [5, 5.41) is 6.72. The van der Waals surface area contributed by atoms with Crippen molar-refractivity contribution in [2.75, 3.05) is 14.2 Å². The molecule has 0 spiro atoms. The molecule has 126 valence electrons. The Morgan fingerprint density at radius 3 is 2.67 bits per heavy atom. The van der Waals surface area contributed by atoms with Crippen LogP contribution in [0.3, 0.4) is 0 Å². The maximum atomic E-state index is 5.38. The van der Waals surface area contributed by atoms with E-state index in [1.165, 1.54) is 36.0 Å². The predicted octanol–water partition coefficient (Wildman–Crippen LogP) is 3.05. The standard InChI is InChI=1S/C20H25N3O/c1-21-20(23-14-18-6-3-4-9-19(18)24-2)22-13-15-10-11-16-7-5-8-17(16)12-15/h3-4,6,9-12H,5,7-8,13-14H2,1-2H3,(H2,21,22,23). The number of aliphatic imine (C=N–C) groups is 1. The van der Waals surface area contributed by atoms with Gasteiger partial charge in [0.05, 0.1) is 7.11 Å². The van der Waals surface area contributed by atoms with Gasteiger partial charge in [-0.25, -0.2) is 0 Å². The van der Waals surface area contributed by atoms with Gasteiger partial charge >= 0.3 is 0 Å². The Kier molecular flexibility index (Phi) is 5.36. The fraction of sp³-hybridized carbons (Fsp3) is 0.350. The molecule has 0 heterocycles. The van der Waals surface area contributed by atoms with Gasteiger partial charge in [-0.15, -0.1) is 0 Å². The molecule has 0 saturated carbocycles. The number of ether oxygens (including phenoxy) is 1. The van der Waals surface area contributed by atoms with Gasteiger partial charge in [-0.2, -0.15) is 0 Å². The van der Waals surface area contributed by atoms with Crippen molar-refractivity contribution in [2.45, 2.75) is 32.4 Å². The van der Waals surface area contributed by atoms with Crippen molar-refractivity contribution in [2.24, 2.45) is 4.99 Å². The Hall–Kier alpha value is -2.49. The number of benzene rings is 2. The van der Waals surface area contributed by atoms with E-state index in [1.807, 2.05) is 18.2 Å². The van der Waals surface area contributed by atoms with Crippen LogP contribution in [0.15, 0.2) is 47.5 Å². The Morgan fingerprint density at radius 2 is 1.83 bits per heavy atom. The maximum Gasteiger partial charge on any atom is 0.191 e. The van der Waals surface area contributed by atoms with Crippen LogP contribution in [0, 0.1) is 0 Å². The van der Waals surface area contributed by atoms with Gasteiger partial charge in [0.15, 0.2) is 5.96 Å². The van der Waals surface area contributed by atoms with Crippen molar-refractivity contribution >= 4 is 5.96 Å². The molecule has 0 bridgehead atoms. The van der Waals surface area contributed by atoms with Crippen molar-refractivity contribution < 1.29 is 4.74 Å². The molecule has 0 unspecified atom stereocenters. The Balaban J connectivity index is 1.55. The first-order valence-electron chi connectivity index (χ1n) is 8.47. The normalized spacial score (nSPS) is 13.5. The summed E-state index contributed by atoms with van der Waals surface area (Å²) in [6.07, 6.45) is 3.73. The van der Waals surface area contributed by atoms with Gasteiger partial charge in [0, 0.05) is 25.7 Å². The fourth-order valence-corrected chi connectivity index (χ4v) is 3.17. The second-order valence-electron chi connectivity index (χ2n) is 6.05. The Morgan fingerprint density at radius 1 is 1.04 bits per heavy atom. The van der Waals surface area contributed by atoms with Crippen molar-refractivity contribution in [3.05, 3.63) is 64.7 Å². The number of aryl methyl sites for hydroxylation is 2. The smallest absolute Gasteiger partial charge is 0.191 e.